The van der Waals surface area contributed by atoms with Crippen molar-refractivity contribution >= 4 is 5.78 Å². The molecule has 0 radical (unpaired) electrons. The Labute approximate surface area is 118 Å². The number of Topliss-reactive ketones (excluding diaryl/α,β-unsaturated/α-hetero) is 1. The van der Waals surface area contributed by atoms with Crippen molar-refractivity contribution in [1.82, 2.24) is 0 Å². The van der Waals surface area contributed by atoms with E-state index in [9.17, 15) is 9.90 Å². The average molecular weight is 270 g/mol. The van der Waals surface area contributed by atoms with Crippen LogP contribution in [0.15, 0.2) is 48.5 Å². The Morgan fingerprint density at radius 1 is 1.10 bits per heavy atom. The molecule has 0 spiro atoms. The van der Waals surface area contributed by atoms with Crippen molar-refractivity contribution in [2.45, 2.75) is 19.3 Å². The highest BCUT2D eigenvalue weighted by Gasteiger charge is 2.16. The smallest absolute Gasteiger partial charge is 0.170 e. The van der Waals surface area contributed by atoms with Crippen LogP contribution in [0.25, 0.3) is 0 Å². The third-order valence-electron chi connectivity index (χ3n) is 3.22. The molecular formula is C17H18O3. The molecule has 2 aromatic carbocycles. The van der Waals surface area contributed by atoms with E-state index < -0.39 is 0 Å². The number of ether oxygens (including phenoxy) is 1. The molecule has 3 heteroatoms. The molecule has 0 aliphatic heterocycles. The van der Waals surface area contributed by atoms with Crippen LogP contribution in [0.3, 0.4) is 0 Å². The van der Waals surface area contributed by atoms with Crippen molar-refractivity contribution in [3.05, 3.63) is 59.7 Å². The van der Waals surface area contributed by atoms with Gasteiger partial charge in [-0.15, -0.1) is 0 Å². The molecule has 2 rings (SSSR count). The van der Waals surface area contributed by atoms with E-state index in [1.54, 1.807) is 12.1 Å². The van der Waals surface area contributed by atoms with Crippen molar-refractivity contribution in [2.75, 3.05) is 7.11 Å². The summed E-state index contributed by atoms with van der Waals surface area (Å²) in [4.78, 5) is 12.2. The number of methoxy groups -OCH3 is 1. The van der Waals surface area contributed by atoms with Crippen molar-refractivity contribution in [1.29, 1.82) is 0 Å². The van der Waals surface area contributed by atoms with E-state index in [4.69, 9.17) is 4.74 Å². The highest BCUT2D eigenvalue weighted by molar-refractivity contribution is 6.01. The molecule has 0 saturated carbocycles. The van der Waals surface area contributed by atoms with Crippen LogP contribution in [-0.4, -0.2) is 18.0 Å². The number of aromatic hydroxyl groups is 1. The highest BCUT2D eigenvalue weighted by Crippen LogP contribution is 2.28. The molecule has 1 N–H and O–H groups in total. The summed E-state index contributed by atoms with van der Waals surface area (Å²) in [6.45, 7) is 0. The van der Waals surface area contributed by atoms with E-state index in [2.05, 4.69) is 0 Å². The first-order valence-corrected chi connectivity index (χ1v) is 6.65. The number of carbonyl (C=O) groups excluding carboxylic acids is 1. The summed E-state index contributed by atoms with van der Waals surface area (Å²) in [5.74, 6) is 0.319. The molecule has 0 aliphatic rings. The molecule has 20 heavy (non-hydrogen) atoms. The Balaban J connectivity index is 1.99. The fourth-order valence-electron chi connectivity index (χ4n) is 2.19. The second kappa shape index (κ2) is 6.75. The summed E-state index contributed by atoms with van der Waals surface area (Å²) >= 11 is 0. The topological polar surface area (TPSA) is 46.5 Å². The first-order chi connectivity index (χ1) is 9.72. The summed E-state index contributed by atoms with van der Waals surface area (Å²) in [5.41, 5.74) is 1.49. The van der Waals surface area contributed by atoms with Crippen LogP contribution in [0.5, 0.6) is 11.5 Å². The predicted molar refractivity (Wildman–Crippen MR) is 78.4 cm³/mol. The zero-order valence-electron chi connectivity index (χ0n) is 11.5. The van der Waals surface area contributed by atoms with Gasteiger partial charge in [-0.2, -0.15) is 0 Å². The SMILES string of the molecule is COc1cccc(O)c1C(=O)CCCc1ccccc1. The first kappa shape index (κ1) is 14.1. The lowest BCUT2D eigenvalue weighted by Gasteiger charge is -2.09. The molecule has 0 aliphatic carbocycles. The minimum Gasteiger partial charge on any atom is -0.507 e. The monoisotopic (exact) mass is 270 g/mol. The minimum atomic E-state index is -0.0871. The summed E-state index contributed by atoms with van der Waals surface area (Å²) in [6.07, 6.45) is 1.99. The lowest BCUT2D eigenvalue weighted by Crippen LogP contribution is -2.03. The van der Waals surface area contributed by atoms with Crippen LogP contribution in [0.2, 0.25) is 0 Å². The average Bonchev–Trinajstić information content (AvgIpc) is 2.47. The summed E-state index contributed by atoms with van der Waals surface area (Å²) in [5, 5.41) is 9.81. The van der Waals surface area contributed by atoms with Crippen molar-refractivity contribution in [2.24, 2.45) is 0 Å². The maximum atomic E-state index is 12.2. The number of hydrogen-bond acceptors (Lipinski definition) is 3. The standard InChI is InChI=1S/C17H18O3/c1-20-16-12-6-11-15(19)17(16)14(18)10-5-9-13-7-3-2-4-8-13/h2-4,6-8,11-12,19H,5,9-10H2,1H3. The lowest BCUT2D eigenvalue weighted by atomic mass is 10.0. The van der Waals surface area contributed by atoms with Crippen LogP contribution in [0.1, 0.15) is 28.8 Å². The Morgan fingerprint density at radius 2 is 1.85 bits per heavy atom. The number of benzene rings is 2. The van der Waals surface area contributed by atoms with E-state index in [0.717, 1.165) is 12.8 Å². The van der Waals surface area contributed by atoms with Gasteiger partial charge in [0.2, 0.25) is 0 Å². The van der Waals surface area contributed by atoms with Crippen LogP contribution in [0.4, 0.5) is 0 Å². The van der Waals surface area contributed by atoms with Crippen LogP contribution in [0, 0.1) is 0 Å². The molecular weight excluding hydrogens is 252 g/mol. The van der Waals surface area contributed by atoms with Gasteiger partial charge in [0, 0.05) is 6.42 Å². The molecule has 0 heterocycles. The van der Waals surface area contributed by atoms with Gasteiger partial charge in [-0.25, -0.2) is 0 Å². The quantitative estimate of drug-likeness (QED) is 0.816. The number of hydrogen-bond donors (Lipinski definition) is 1. The van der Waals surface area contributed by atoms with Crippen LogP contribution in [-0.2, 0) is 6.42 Å². The molecule has 0 fully saturated rings. The summed E-state index contributed by atoms with van der Waals surface area (Å²) < 4.78 is 5.13. The molecule has 0 unspecified atom stereocenters. The van der Waals surface area contributed by atoms with Gasteiger partial charge < -0.3 is 9.84 Å². The number of rotatable bonds is 6. The van der Waals surface area contributed by atoms with Gasteiger partial charge in [-0.3, -0.25) is 4.79 Å². The van der Waals surface area contributed by atoms with Gasteiger partial charge in [-0.05, 0) is 30.5 Å². The molecule has 104 valence electrons. The molecule has 0 amide bonds. The normalized spacial score (nSPS) is 10.2. The number of phenols is 1. The fourth-order valence-corrected chi connectivity index (χ4v) is 2.19. The minimum absolute atomic E-state index is 0.0194. The molecule has 3 nitrogen and oxygen atoms in total. The van der Waals surface area contributed by atoms with Gasteiger partial charge in [0.25, 0.3) is 0 Å². The number of aryl methyl sites for hydroxylation is 1. The van der Waals surface area contributed by atoms with Gasteiger partial charge in [-0.1, -0.05) is 36.4 Å². The first-order valence-electron chi connectivity index (χ1n) is 6.65. The van der Waals surface area contributed by atoms with E-state index in [1.165, 1.54) is 18.7 Å². The third kappa shape index (κ3) is 3.38. The molecule has 0 bridgehead atoms. The fraction of sp³-hybridized carbons (Fsp3) is 0.235. The van der Waals surface area contributed by atoms with E-state index in [-0.39, 0.29) is 17.1 Å². The lowest BCUT2D eigenvalue weighted by molar-refractivity contribution is 0.0974. The zero-order valence-corrected chi connectivity index (χ0v) is 11.5. The van der Waals surface area contributed by atoms with Crippen molar-refractivity contribution in [3.8, 4) is 11.5 Å². The Bertz CT molecular complexity index is 576. The Kier molecular flexibility index (Phi) is 4.77. The number of ketones is 1. The van der Waals surface area contributed by atoms with E-state index in [0.29, 0.717) is 12.2 Å². The van der Waals surface area contributed by atoms with Gasteiger partial charge in [0.15, 0.2) is 5.78 Å². The Morgan fingerprint density at radius 3 is 2.55 bits per heavy atom. The second-order valence-electron chi connectivity index (χ2n) is 4.62. The van der Waals surface area contributed by atoms with E-state index >= 15 is 0 Å². The molecule has 0 aromatic heterocycles. The maximum absolute atomic E-state index is 12.2. The second-order valence-corrected chi connectivity index (χ2v) is 4.62. The summed E-state index contributed by atoms with van der Waals surface area (Å²) in [6, 6.07) is 14.9. The molecule has 0 saturated heterocycles. The highest BCUT2D eigenvalue weighted by atomic mass is 16.5. The largest absolute Gasteiger partial charge is 0.507 e. The third-order valence-corrected chi connectivity index (χ3v) is 3.22. The van der Waals surface area contributed by atoms with Crippen molar-refractivity contribution < 1.29 is 14.6 Å². The number of phenolic OH excluding ortho intramolecular Hbond substituents is 1. The van der Waals surface area contributed by atoms with Crippen LogP contribution >= 0.6 is 0 Å². The predicted octanol–water partition coefficient (Wildman–Crippen LogP) is 3.61. The van der Waals surface area contributed by atoms with Gasteiger partial charge >= 0.3 is 0 Å². The van der Waals surface area contributed by atoms with E-state index in [1.807, 2.05) is 30.3 Å². The zero-order chi connectivity index (χ0) is 14.4. The Hall–Kier alpha value is -2.29. The van der Waals surface area contributed by atoms with Gasteiger partial charge in [0.1, 0.15) is 17.1 Å². The van der Waals surface area contributed by atoms with Crippen LogP contribution < -0.4 is 4.74 Å². The van der Waals surface area contributed by atoms with Crippen molar-refractivity contribution in [3.63, 3.8) is 0 Å². The molecule has 0 atom stereocenters. The van der Waals surface area contributed by atoms with Gasteiger partial charge in [0.05, 0.1) is 7.11 Å². The maximum Gasteiger partial charge on any atom is 0.170 e. The number of carbonyl (C=O) groups is 1. The molecule has 2 aromatic rings. The summed E-state index contributed by atoms with van der Waals surface area (Å²) in [7, 11) is 1.50.